The average molecular weight is 396 g/mol. The number of phenolic OH excluding ortho intramolecular Hbond substituents is 1. The van der Waals surface area contributed by atoms with Crippen molar-refractivity contribution < 1.29 is 22.7 Å². The molecule has 3 rings (SSSR count). The molecule has 0 aliphatic rings. The smallest absolute Gasteiger partial charge is 0.254 e. The van der Waals surface area contributed by atoms with Gasteiger partial charge in [0.15, 0.2) is 0 Å². The molecule has 140 valence electrons. The summed E-state index contributed by atoms with van der Waals surface area (Å²) in [5.74, 6) is -6.76. The fraction of sp³-hybridized carbons (Fsp3) is 0.118. The number of aromatic hydroxyl groups is 1. The number of rotatable bonds is 4. The number of phenols is 1. The van der Waals surface area contributed by atoms with E-state index in [0.29, 0.717) is 21.3 Å². The molecule has 0 aliphatic carbocycles. The van der Waals surface area contributed by atoms with Crippen molar-refractivity contribution >= 4 is 22.7 Å². The van der Waals surface area contributed by atoms with Crippen molar-refractivity contribution in [2.45, 2.75) is 13.8 Å². The molecule has 0 fully saturated rings. The number of pyridine rings is 1. The Morgan fingerprint density at radius 1 is 1.04 bits per heavy atom. The van der Waals surface area contributed by atoms with Crippen molar-refractivity contribution in [2.24, 2.45) is 5.10 Å². The van der Waals surface area contributed by atoms with Crippen molar-refractivity contribution in [3.8, 4) is 16.3 Å². The molecule has 27 heavy (non-hydrogen) atoms. The van der Waals surface area contributed by atoms with Gasteiger partial charge in [-0.3, -0.25) is 5.43 Å². The lowest BCUT2D eigenvalue weighted by atomic mass is 10.2. The van der Waals surface area contributed by atoms with Crippen LogP contribution in [-0.2, 0) is 0 Å². The van der Waals surface area contributed by atoms with Crippen LogP contribution in [-0.4, -0.2) is 20.8 Å². The van der Waals surface area contributed by atoms with E-state index in [9.17, 15) is 22.7 Å². The number of nitrogens with zero attached hydrogens (tertiary/aromatic N) is 3. The van der Waals surface area contributed by atoms with Crippen LogP contribution < -0.4 is 5.43 Å². The topological polar surface area (TPSA) is 70.4 Å². The van der Waals surface area contributed by atoms with Gasteiger partial charge in [0.05, 0.1) is 16.3 Å². The summed E-state index contributed by atoms with van der Waals surface area (Å²) in [5, 5.41) is 13.8. The van der Waals surface area contributed by atoms with Gasteiger partial charge >= 0.3 is 0 Å². The van der Waals surface area contributed by atoms with Gasteiger partial charge in [-0.2, -0.15) is 27.6 Å². The van der Waals surface area contributed by atoms with Crippen molar-refractivity contribution in [1.29, 1.82) is 0 Å². The first-order valence-electron chi connectivity index (χ1n) is 7.55. The van der Waals surface area contributed by atoms with Crippen LogP contribution >= 0.6 is 11.3 Å². The molecular formula is C17H12F4N4OS. The maximum atomic E-state index is 13.6. The second kappa shape index (κ2) is 7.31. The van der Waals surface area contributed by atoms with Gasteiger partial charge in [-0.1, -0.05) is 0 Å². The van der Waals surface area contributed by atoms with E-state index in [-0.39, 0.29) is 5.75 Å². The molecule has 0 unspecified atom stereocenters. The first-order valence-corrected chi connectivity index (χ1v) is 8.37. The molecule has 0 saturated carbocycles. The molecule has 3 aromatic rings. The Morgan fingerprint density at radius 3 is 2.22 bits per heavy atom. The molecule has 10 heteroatoms. The fourth-order valence-corrected chi connectivity index (χ4v) is 3.25. The van der Waals surface area contributed by atoms with Crippen molar-refractivity contribution in [3.05, 3.63) is 58.4 Å². The number of hydrazone groups is 1. The average Bonchev–Trinajstić information content (AvgIpc) is 3.02. The van der Waals surface area contributed by atoms with Crippen LogP contribution in [0.15, 0.2) is 29.4 Å². The van der Waals surface area contributed by atoms with Crippen LogP contribution in [0.25, 0.3) is 10.6 Å². The number of aryl methyl sites for hydroxylation is 1. The number of halogens is 4. The largest absolute Gasteiger partial charge is 0.508 e. The van der Waals surface area contributed by atoms with E-state index in [1.807, 2.05) is 5.43 Å². The molecule has 2 N–H and O–H groups in total. The summed E-state index contributed by atoms with van der Waals surface area (Å²) >= 11 is 1.26. The number of nitrogens with one attached hydrogen (secondary N) is 1. The van der Waals surface area contributed by atoms with Gasteiger partial charge < -0.3 is 5.11 Å². The van der Waals surface area contributed by atoms with Crippen LogP contribution in [0.3, 0.4) is 0 Å². The Kier molecular flexibility index (Phi) is 5.08. The maximum absolute atomic E-state index is 13.6. The first kappa shape index (κ1) is 18.8. The number of anilines is 1. The molecule has 0 saturated heterocycles. The predicted molar refractivity (Wildman–Crippen MR) is 93.9 cm³/mol. The Hall–Kier alpha value is -3.01. The molecular weight excluding hydrogens is 384 g/mol. The highest BCUT2D eigenvalue weighted by atomic mass is 32.1. The Morgan fingerprint density at radius 2 is 1.63 bits per heavy atom. The molecule has 2 aromatic heterocycles. The Balaban J connectivity index is 1.91. The Bertz CT molecular complexity index is 1010. The second-order valence-corrected chi connectivity index (χ2v) is 6.48. The van der Waals surface area contributed by atoms with E-state index in [4.69, 9.17) is 0 Å². The van der Waals surface area contributed by atoms with Crippen LogP contribution in [0.5, 0.6) is 5.75 Å². The molecule has 1 aromatic carbocycles. The quantitative estimate of drug-likeness (QED) is 0.292. The van der Waals surface area contributed by atoms with Gasteiger partial charge in [0.25, 0.3) is 11.9 Å². The first-order chi connectivity index (χ1) is 12.8. The highest BCUT2D eigenvalue weighted by Crippen LogP contribution is 2.30. The molecule has 0 radical (unpaired) electrons. The lowest BCUT2D eigenvalue weighted by molar-refractivity contribution is 0.411. The molecule has 0 spiro atoms. The van der Waals surface area contributed by atoms with Gasteiger partial charge in [-0.25, -0.2) is 4.98 Å². The fourth-order valence-electron chi connectivity index (χ4n) is 2.24. The summed E-state index contributed by atoms with van der Waals surface area (Å²) in [6.07, 6.45) is 0. The van der Waals surface area contributed by atoms with E-state index >= 15 is 0 Å². The van der Waals surface area contributed by atoms with Gasteiger partial charge in [0, 0.05) is 5.56 Å². The number of thiazole rings is 1. The van der Waals surface area contributed by atoms with Gasteiger partial charge in [-0.05, 0) is 38.1 Å². The summed E-state index contributed by atoms with van der Waals surface area (Å²) in [5.41, 5.74) is 2.63. The van der Waals surface area contributed by atoms with Gasteiger partial charge in [0.1, 0.15) is 16.4 Å². The lowest BCUT2D eigenvalue weighted by Crippen LogP contribution is -2.07. The normalized spacial score (nSPS) is 11.7. The number of benzene rings is 1. The Labute approximate surface area is 155 Å². The molecule has 0 amide bonds. The lowest BCUT2D eigenvalue weighted by Gasteiger charge is -2.06. The van der Waals surface area contributed by atoms with E-state index in [1.165, 1.54) is 23.5 Å². The molecule has 0 aliphatic heterocycles. The van der Waals surface area contributed by atoms with Gasteiger partial charge in [0.2, 0.25) is 11.6 Å². The number of hydrogen-bond acceptors (Lipinski definition) is 6. The zero-order valence-electron chi connectivity index (χ0n) is 14.0. The van der Waals surface area contributed by atoms with Crippen molar-refractivity contribution in [1.82, 2.24) is 9.97 Å². The van der Waals surface area contributed by atoms with E-state index in [2.05, 4.69) is 15.1 Å². The molecule has 5 nitrogen and oxygen atoms in total. The highest BCUT2D eigenvalue weighted by molar-refractivity contribution is 7.17. The van der Waals surface area contributed by atoms with Crippen molar-refractivity contribution in [3.63, 3.8) is 0 Å². The zero-order valence-corrected chi connectivity index (χ0v) is 14.8. The summed E-state index contributed by atoms with van der Waals surface area (Å²) < 4.78 is 53.5. The summed E-state index contributed by atoms with van der Waals surface area (Å²) in [6, 6.07) is 6.42. The third kappa shape index (κ3) is 3.75. The van der Waals surface area contributed by atoms with Gasteiger partial charge in [-0.15, -0.1) is 11.3 Å². The number of aromatic nitrogens is 2. The van der Waals surface area contributed by atoms with Crippen molar-refractivity contribution in [2.75, 3.05) is 5.43 Å². The molecule has 0 atom stereocenters. The third-order valence-electron chi connectivity index (χ3n) is 3.57. The van der Waals surface area contributed by atoms with E-state index < -0.39 is 29.2 Å². The van der Waals surface area contributed by atoms with Crippen LogP contribution in [0, 0.1) is 30.5 Å². The van der Waals surface area contributed by atoms with Crippen LogP contribution in [0.4, 0.5) is 23.2 Å². The highest BCUT2D eigenvalue weighted by Gasteiger charge is 2.21. The SMILES string of the molecule is C/C(=N\Nc1c(F)c(F)nc(F)c1F)c1sc(-c2ccc(O)cc2)nc1C. The maximum Gasteiger partial charge on any atom is 0.254 e. The minimum absolute atomic E-state index is 0.120. The zero-order chi connectivity index (χ0) is 19.7. The minimum Gasteiger partial charge on any atom is -0.508 e. The van der Waals surface area contributed by atoms with Crippen LogP contribution in [0.2, 0.25) is 0 Å². The summed E-state index contributed by atoms with van der Waals surface area (Å²) in [7, 11) is 0. The number of hydrogen-bond donors (Lipinski definition) is 2. The predicted octanol–water partition coefficient (Wildman–Crippen LogP) is 4.61. The summed E-state index contributed by atoms with van der Waals surface area (Å²) in [4.78, 5) is 7.49. The molecule has 0 bridgehead atoms. The van der Waals surface area contributed by atoms with E-state index in [1.54, 1.807) is 26.0 Å². The third-order valence-corrected chi connectivity index (χ3v) is 4.89. The summed E-state index contributed by atoms with van der Waals surface area (Å²) in [6.45, 7) is 3.28. The monoisotopic (exact) mass is 396 g/mol. The second-order valence-electron chi connectivity index (χ2n) is 5.49. The van der Waals surface area contributed by atoms with Crippen LogP contribution in [0.1, 0.15) is 17.5 Å². The molecule has 2 heterocycles. The van der Waals surface area contributed by atoms with E-state index in [0.717, 1.165) is 5.56 Å². The minimum atomic E-state index is -1.77. The standard InChI is InChI=1S/C17H12F4N4OS/c1-7-14(27-17(22-7)9-3-5-10(26)6-4-9)8(2)24-25-13-11(18)15(20)23-16(21)12(13)19/h3-6,26H,1-2H3,(H,23,25)/b24-8+.